The second-order valence-corrected chi connectivity index (χ2v) is 12.3. The third kappa shape index (κ3) is 7.93. The molecule has 0 saturated carbocycles. The van der Waals surface area contributed by atoms with Crippen molar-refractivity contribution in [3.8, 4) is 23.0 Å². The molecule has 2 amide bonds. The third-order valence-electron chi connectivity index (χ3n) is 6.91. The number of ether oxygens (including phenoxy) is 4. The summed E-state index contributed by atoms with van der Waals surface area (Å²) in [6.45, 7) is 6.62. The summed E-state index contributed by atoms with van der Waals surface area (Å²) in [7, 11) is 1.26. The molecule has 0 aromatic heterocycles. The summed E-state index contributed by atoms with van der Waals surface area (Å²) in [4.78, 5) is 28.6. The maximum absolute atomic E-state index is 14.4. The van der Waals surface area contributed by atoms with Gasteiger partial charge >= 0.3 is 0 Å². The molecular weight excluding hydrogens is 586 g/mol. The molecule has 3 aromatic carbocycles. The molecule has 3 aromatic rings. The Morgan fingerprint density at radius 3 is 2.07 bits per heavy atom. The van der Waals surface area contributed by atoms with E-state index in [0.717, 1.165) is 15.4 Å². The van der Waals surface area contributed by atoms with E-state index in [4.69, 9.17) is 18.9 Å². The van der Waals surface area contributed by atoms with Crippen LogP contribution in [0.15, 0.2) is 65.6 Å². The number of methoxy groups -OCH3 is 4. The lowest BCUT2D eigenvalue weighted by Gasteiger charge is -2.33. The van der Waals surface area contributed by atoms with Gasteiger partial charge in [-0.3, -0.25) is 13.9 Å². The van der Waals surface area contributed by atoms with Crippen molar-refractivity contribution >= 4 is 27.5 Å². The van der Waals surface area contributed by atoms with Crippen molar-refractivity contribution in [1.82, 2.24) is 10.2 Å². The number of rotatable bonds is 14. The molecule has 0 radical (unpaired) electrons. The molecule has 238 valence electrons. The van der Waals surface area contributed by atoms with Gasteiger partial charge in [0.2, 0.25) is 11.8 Å². The van der Waals surface area contributed by atoms with Crippen LogP contribution < -0.4 is 28.6 Å². The van der Waals surface area contributed by atoms with Gasteiger partial charge in [0.05, 0.1) is 39.0 Å². The predicted octanol–water partition coefficient (Wildman–Crippen LogP) is 4.17. The zero-order valence-corrected chi connectivity index (χ0v) is 27.2. The molecule has 0 saturated heterocycles. The molecule has 11 nitrogen and oxygen atoms in total. The van der Waals surface area contributed by atoms with E-state index >= 15 is 0 Å². The summed E-state index contributed by atoms with van der Waals surface area (Å²) in [5, 5.41) is 2.85. The lowest BCUT2D eigenvalue weighted by molar-refractivity contribution is -0.139. The van der Waals surface area contributed by atoms with Gasteiger partial charge in [0, 0.05) is 24.7 Å². The first-order chi connectivity index (χ1) is 20.9. The molecule has 1 atom stereocenters. The quantitative estimate of drug-likeness (QED) is 0.283. The lowest BCUT2D eigenvalue weighted by atomic mass is 10.1. The van der Waals surface area contributed by atoms with Crippen molar-refractivity contribution in [2.75, 3.05) is 39.3 Å². The molecule has 0 heterocycles. The average molecular weight is 628 g/mol. The molecule has 0 aliphatic carbocycles. The molecule has 0 bridgehead atoms. The highest BCUT2D eigenvalue weighted by atomic mass is 32.2. The first-order valence-electron chi connectivity index (χ1n) is 14.0. The number of sulfonamides is 1. The Morgan fingerprint density at radius 2 is 1.48 bits per heavy atom. The van der Waals surface area contributed by atoms with E-state index < -0.39 is 28.5 Å². The number of carbonyl (C=O) groups is 2. The third-order valence-corrected chi connectivity index (χ3v) is 8.67. The van der Waals surface area contributed by atoms with E-state index in [-0.39, 0.29) is 40.6 Å². The molecule has 3 rings (SSSR count). The summed E-state index contributed by atoms with van der Waals surface area (Å²) in [5.41, 5.74) is 1.84. The summed E-state index contributed by atoms with van der Waals surface area (Å²) >= 11 is 0. The average Bonchev–Trinajstić information content (AvgIpc) is 3.00. The minimum atomic E-state index is -4.43. The van der Waals surface area contributed by atoms with Crippen molar-refractivity contribution in [2.45, 2.75) is 51.2 Å². The van der Waals surface area contributed by atoms with Crippen molar-refractivity contribution < 1.29 is 37.0 Å². The molecule has 1 N–H and O–H groups in total. The van der Waals surface area contributed by atoms with E-state index in [1.807, 2.05) is 45.0 Å². The Balaban J connectivity index is 2.18. The highest BCUT2D eigenvalue weighted by Crippen LogP contribution is 2.37. The van der Waals surface area contributed by atoms with Crippen LogP contribution in [0.2, 0.25) is 0 Å². The van der Waals surface area contributed by atoms with E-state index in [0.29, 0.717) is 11.5 Å². The fourth-order valence-corrected chi connectivity index (χ4v) is 6.04. The van der Waals surface area contributed by atoms with E-state index in [9.17, 15) is 18.0 Å². The zero-order valence-electron chi connectivity index (χ0n) is 26.4. The second-order valence-electron chi connectivity index (χ2n) is 10.4. The number of carbonyl (C=O) groups excluding carboxylic acids is 2. The summed E-state index contributed by atoms with van der Waals surface area (Å²) in [5.74, 6) is 0.0986. The molecule has 0 aliphatic rings. The smallest absolute Gasteiger partial charge is 0.265 e. The van der Waals surface area contributed by atoms with Crippen LogP contribution in [0.25, 0.3) is 0 Å². The Kier molecular flexibility index (Phi) is 11.5. The lowest BCUT2D eigenvalue weighted by Crippen LogP contribution is -2.52. The van der Waals surface area contributed by atoms with Gasteiger partial charge in [-0.25, -0.2) is 8.42 Å². The number of nitrogens with one attached hydrogen (secondary N) is 1. The predicted molar refractivity (Wildman–Crippen MR) is 168 cm³/mol. The van der Waals surface area contributed by atoms with Crippen LogP contribution in [0.1, 0.15) is 31.9 Å². The highest BCUT2D eigenvalue weighted by Gasteiger charge is 2.34. The molecule has 1 unspecified atom stereocenters. The van der Waals surface area contributed by atoms with Crippen molar-refractivity contribution in [3.63, 3.8) is 0 Å². The van der Waals surface area contributed by atoms with Crippen molar-refractivity contribution in [2.24, 2.45) is 0 Å². The minimum Gasteiger partial charge on any atom is -0.497 e. The largest absolute Gasteiger partial charge is 0.497 e. The van der Waals surface area contributed by atoms with Gasteiger partial charge in [0.15, 0.2) is 11.5 Å². The number of amides is 2. The monoisotopic (exact) mass is 627 g/mol. The maximum atomic E-state index is 14.4. The number of benzene rings is 3. The number of aryl methyl sites for hydroxylation is 1. The minimum absolute atomic E-state index is 0.0739. The van der Waals surface area contributed by atoms with Crippen LogP contribution in [0.4, 0.5) is 5.69 Å². The summed E-state index contributed by atoms with van der Waals surface area (Å²) in [6, 6.07) is 15.3. The first-order valence-corrected chi connectivity index (χ1v) is 15.4. The highest BCUT2D eigenvalue weighted by molar-refractivity contribution is 7.92. The van der Waals surface area contributed by atoms with Crippen molar-refractivity contribution in [1.29, 1.82) is 0 Å². The van der Waals surface area contributed by atoms with Gasteiger partial charge in [0.25, 0.3) is 10.0 Å². The standard InChI is InChI=1S/C32H41N3O8S/c1-21(2)33-32(37)23(4)34(19-24-11-9-10-22(3)16-24)31(36)20-35(27-17-25(40-5)12-14-28(27)41-6)44(38,39)26-13-15-29(42-7)30(18-26)43-8/h9-18,21,23H,19-20H2,1-8H3,(H,33,37). The number of nitrogens with zero attached hydrogens (tertiary/aromatic N) is 2. The van der Waals surface area contributed by atoms with Gasteiger partial charge in [0.1, 0.15) is 24.1 Å². The van der Waals surface area contributed by atoms with E-state index in [1.165, 1.54) is 57.6 Å². The van der Waals surface area contributed by atoms with Crippen LogP contribution in [-0.2, 0) is 26.2 Å². The Bertz CT molecular complexity index is 1580. The van der Waals surface area contributed by atoms with Gasteiger partial charge < -0.3 is 29.2 Å². The van der Waals surface area contributed by atoms with Gasteiger partial charge in [-0.15, -0.1) is 0 Å². The summed E-state index contributed by atoms with van der Waals surface area (Å²) < 4.78 is 51.2. The Labute approximate surface area is 259 Å². The van der Waals surface area contributed by atoms with Crippen LogP contribution in [0.3, 0.4) is 0 Å². The number of hydrogen-bond donors (Lipinski definition) is 1. The van der Waals surface area contributed by atoms with Crippen LogP contribution in [-0.4, -0.2) is 72.2 Å². The second kappa shape index (κ2) is 14.8. The zero-order chi connectivity index (χ0) is 32.6. The number of anilines is 1. The van der Waals surface area contributed by atoms with Crippen LogP contribution in [0, 0.1) is 6.92 Å². The molecular formula is C32H41N3O8S. The van der Waals surface area contributed by atoms with Gasteiger partial charge in [-0.2, -0.15) is 0 Å². The normalized spacial score (nSPS) is 11.8. The molecule has 0 fully saturated rings. The van der Waals surface area contributed by atoms with Gasteiger partial charge in [-0.1, -0.05) is 29.8 Å². The Hall–Kier alpha value is -4.45. The molecule has 0 aliphatic heterocycles. The topological polar surface area (TPSA) is 124 Å². The van der Waals surface area contributed by atoms with Gasteiger partial charge in [-0.05, 0) is 57.5 Å². The SMILES string of the molecule is COc1ccc(OC)c(N(CC(=O)N(Cc2cccc(C)c2)C(C)C(=O)NC(C)C)S(=O)(=O)c2ccc(OC)c(OC)c2)c1. The fraction of sp³-hybridized carbons (Fsp3) is 0.375. The van der Waals surface area contributed by atoms with Crippen LogP contribution in [0.5, 0.6) is 23.0 Å². The molecule has 44 heavy (non-hydrogen) atoms. The number of hydrogen-bond acceptors (Lipinski definition) is 8. The Morgan fingerprint density at radius 1 is 0.818 bits per heavy atom. The van der Waals surface area contributed by atoms with E-state index in [2.05, 4.69) is 5.32 Å². The maximum Gasteiger partial charge on any atom is 0.265 e. The van der Waals surface area contributed by atoms with Crippen molar-refractivity contribution in [3.05, 3.63) is 71.8 Å². The summed E-state index contributed by atoms with van der Waals surface area (Å²) in [6.07, 6.45) is 0. The fourth-order valence-electron chi connectivity index (χ4n) is 4.60. The molecule has 12 heteroatoms. The molecule has 0 spiro atoms. The van der Waals surface area contributed by atoms with E-state index in [1.54, 1.807) is 19.1 Å². The van der Waals surface area contributed by atoms with Crippen LogP contribution >= 0.6 is 0 Å². The first kappa shape index (κ1) is 34.0.